The number of anilines is 2. The zero-order valence-electron chi connectivity index (χ0n) is 8.48. The van der Waals surface area contributed by atoms with Crippen LogP contribution >= 0.6 is 27.3 Å². The van der Waals surface area contributed by atoms with E-state index in [2.05, 4.69) is 31.2 Å². The quantitative estimate of drug-likeness (QED) is 0.910. The lowest BCUT2D eigenvalue weighted by Gasteiger charge is -2.06. The van der Waals surface area contributed by atoms with E-state index in [9.17, 15) is 0 Å². The number of nitrogens with zero attached hydrogens (tertiary/aromatic N) is 2. The predicted molar refractivity (Wildman–Crippen MR) is 70.7 cm³/mol. The minimum Gasteiger partial charge on any atom is -0.397 e. The second kappa shape index (κ2) is 5.27. The fourth-order valence-electron chi connectivity index (χ4n) is 1.25. The van der Waals surface area contributed by atoms with E-state index >= 15 is 0 Å². The van der Waals surface area contributed by atoms with Crippen molar-refractivity contribution in [2.75, 3.05) is 17.6 Å². The van der Waals surface area contributed by atoms with Crippen molar-refractivity contribution in [2.45, 2.75) is 6.42 Å². The summed E-state index contributed by atoms with van der Waals surface area (Å²) in [5, 5.41) is 6.33. The van der Waals surface area contributed by atoms with Crippen LogP contribution in [0.1, 0.15) is 5.01 Å². The minimum atomic E-state index is 0.650. The van der Waals surface area contributed by atoms with Crippen LogP contribution in [0.4, 0.5) is 11.5 Å². The van der Waals surface area contributed by atoms with Gasteiger partial charge in [0.25, 0.3) is 0 Å². The first kappa shape index (κ1) is 11.3. The monoisotopic (exact) mass is 298 g/mol. The second-order valence-corrected chi connectivity index (χ2v) is 5.04. The van der Waals surface area contributed by atoms with Gasteiger partial charge in [-0.15, -0.1) is 11.3 Å². The highest BCUT2D eigenvalue weighted by molar-refractivity contribution is 9.10. The van der Waals surface area contributed by atoms with Gasteiger partial charge in [-0.3, -0.25) is 0 Å². The first-order valence-corrected chi connectivity index (χ1v) is 6.46. The number of rotatable bonds is 4. The summed E-state index contributed by atoms with van der Waals surface area (Å²) in [6.07, 6.45) is 4.35. The van der Waals surface area contributed by atoms with Crippen molar-refractivity contribution < 1.29 is 0 Å². The molecule has 2 rings (SSSR count). The number of hydrogen-bond acceptors (Lipinski definition) is 5. The second-order valence-electron chi connectivity index (χ2n) is 3.20. The minimum absolute atomic E-state index is 0.650. The molecule has 16 heavy (non-hydrogen) atoms. The van der Waals surface area contributed by atoms with Crippen molar-refractivity contribution in [1.29, 1.82) is 0 Å². The highest BCUT2D eigenvalue weighted by Crippen LogP contribution is 2.21. The number of hydrogen-bond donors (Lipinski definition) is 2. The van der Waals surface area contributed by atoms with E-state index in [0.29, 0.717) is 5.69 Å². The van der Waals surface area contributed by atoms with Gasteiger partial charge in [0.2, 0.25) is 0 Å². The number of nitrogens with one attached hydrogen (secondary N) is 1. The summed E-state index contributed by atoms with van der Waals surface area (Å²) < 4.78 is 0.881. The van der Waals surface area contributed by atoms with Crippen LogP contribution in [-0.2, 0) is 6.42 Å². The van der Waals surface area contributed by atoms with Crippen molar-refractivity contribution >= 4 is 38.8 Å². The van der Waals surface area contributed by atoms with Crippen LogP contribution in [0.2, 0.25) is 0 Å². The maximum absolute atomic E-state index is 5.60. The van der Waals surface area contributed by atoms with Gasteiger partial charge < -0.3 is 11.1 Å². The van der Waals surface area contributed by atoms with E-state index < -0.39 is 0 Å². The molecule has 0 spiro atoms. The van der Waals surface area contributed by atoms with Crippen LogP contribution in [0, 0.1) is 0 Å². The molecule has 0 aliphatic heterocycles. The van der Waals surface area contributed by atoms with E-state index in [4.69, 9.17) is 5.73 Å². The van der Waals surface area contributed by atoms with Gasteiger partial charge in [-0.25, -0.2) is 9.97 Å². The van der Waals surface area contributed by atoms with Crippen LogP contribution in [0.5, 0.6) is 0 Å². The van der Waals surface area contributed by atoms with Gasteiger partial charge in [0.1, 0.15) is 5.82 Å². The number of nitrogens with two attached hydrogens (primary N) is 1. The Morgan fingerprint density at radius 2 is 2.31 bits per heavy atom. The van der Waals surface area contributed by atoms with E-state index in [1.165, 1.54) is 0 Å². The normalized spacial score (nSPS) is 10.3. The zero-order chi connectivity index (χ0) is 11.4. The molecule has 0 aliphatic rings. The maximum Gasteiger partial charge on any atom is 0.140 e. The maximum atomic E-state index is 5.60. The fourth-order valence-corrected chi connectivity index (χ4v) is 2.37. The van der Waals surface area contributed by atoms with Crippen LogP contribution in [-0.4, -0.2) is 16.5 Å². The van der Waals surface area contributed by atoms with Gasteiger partial charge in [-0.1, -0.05) is 0 Å². The van der Waals surface area contributed by atoms with Crippen molar-refractivity contribution in [1.82, 2.24) is 9.97 Å². The molecule has 0 radical (unpaired) electrons. The molecule has 0 bridgehead atoms. The van der Waals surface area contributed by atoms with Gasteiger partial charge >= 0.3 is 0 Å². The van der Waals surface area contributed by atoms with Crippen LogP contribution in [0.3, 0.4) is 0 Å². The van der Waals surface area contributed by atoms with Gasteiger partial charge in [-0.05, 0) is 22.0 Å². The van der Waals surface area contributed by atoms with E-state index in [1.807, 2.05) is 17.6 Å². The number of pyridine rings is 1. The molecule has 0 saturated heterocycles. The van der Waals surface area contributed by atoms with E-state index in [-0.39, 0.29) is 0 Å². The van der Waals surface area contributed by atoms with Crippen molar-refractivity contribution in [3.05, 3.63) is 33.3 Å². The number of halogens is 1. The summed E-state index contributed by atoms with van der Waals surface area (Å²) in [7, 11) is 0. The summed E-state index contributed by atoms with van der Waals surface area (Å²) in [4.78, 5) is 8.41. The molecule has 6 heteroatoms. The van der Waals surface area contributed by atoms with Gasteiger partial charge in [0.15, 0.2) is 0 Å². The molecule has 0 saturated carbocycles. The Morgan fingerprint density at radius 1 is 1.44 bits per heavy atom. The third kappa shape index (κ3) is 2.93. The topological polar surface area (TPSA) is 63.8 Å². The molecular weight excluding hydrogens is 288 g/mol. The highest BCUT2D eigenvalue weighted by Gasteiger charge is 2.01. The molecule has 0 atom stereocenters. The lowest BCUT2D eigenvalue weighted by molar-refractivity contribution is 0.986. The average Bonchev–Trinajstić information content (AvgIpc) is 2.74. The van der Waals surface area contributed by atoms with Gasteiger partial charge in [-0.2, -0.15) is 0 Å². The molecule has 2 aromatic heterocycles. The van der Waals surface area contributed by atoms with E-state index in [0.717, 1.165) is 28.3 Å². The number of nitrogen functional groups attached to an aromatic ring is 1. The summed E-state index contributed by atoms with van der Waals surface area (Å²) in [5.41, 5.74) is 6.26. The Bertz CT molecular complexity index is 458. The van der Waals surface area contributed by atoms with E-state index in [1.54, 1.807) is 17.5 Å². The molecule has 4 nitrogen and oxygen atoms in total. The van der Waals surface area contributed by atoms with Gasteiger partial charge in [0, 0.05) is 24.5 Å². The number of thiazole rings is 1. The average molecular weight is 299 g/mol. The summed E-state index contributed by atoms with van der Waals surface area (Å²) in [6.45, 7) is 0.809. The fraction of sp³-hybridized carbons (Fsp3) is 0.200. The Kier molecular flexibility index (Phi) is 3.74. The molecule has 2 heterocycles. The smallest absolute Gasteiger partial charge is 0.140 e. The summed E-state index contributed by atoms with van der Waals surface area (Å²) in [6, 6.07) is 1.83. The lowest BCUT2D eigenvalue weighted by Crippen LogP contribution is -2.06. The van der Waals surface area contributed by atoms with Crippen LogP contribution < -0.4 is 11.1 Å². The predicted octanol–water partition coefficient (Wildman–Crippen LogP) is 2.54. The molecule has 0 unspecified atom stereocenters. The SMILES string of the molecule is Nc1cnc(NCCc2nccs2)c(Br)c1. The molecule has 0 aliphatic carbocycles. The van der Waals surface area contributed by atoms with Crippen LogP contribution in [0.15, 0.2) is 28.3 Å². The molecule has 3 N–H and O–H groups in total. The summed E-state index contributed by atoms with van der Waals surface area (Å²) >= 11 is 5.07. The van der Waals surface area contributed by atoms with Crippen molar-refractivity contribution in [3.63, 3.8) is 0 Å². The Hall–Kier alpha value is -1.14. The largest absolute Gasteiger partial charge is 0.397 e. The van der Waals surface area contributed by atoms with Crippen molar-refractivity contribution in [2.24, 2.45) is 0 Å². The Labute approximate surface area is 106 Å². The first-order chi connectivity index (χ1) is 7.75. The first-order valence-electron chi connectivity index (χ1n) is 4.79. The third-order valence-electron chi connectivity index (χ3n) is 1.98. The standard InChI is InChI=1S/C10H11BrN4S/c11-8-5-7(12)6-15-10(8)14-2-1-9-13-3-4-16-9/h3-6H,1-2,12H2,(H,14,15). The van der Waals surface area contributed by atoms with Crippen molar-refractivity contribution in [3.8, 4) is 0 Å². The summed E-state index contributed by atoms with van der Waals surface area (Å²) in [5.74, 6) is 0.811. The Balaban J connectivity index is 1.90. The molecule has 0 amide bonds. The lowest BCUT2D eigenvalue weighted by atomic mass is 10.4. The zero-order valence-corrected chi connectivity index (χ0v) is 10.9. The molecule has 0 fully saturated rings. The Morgan fingerprint density at radius 3 is 3.00 bits per heavy atom. The number of aromatic nitrogens is 2. The molecule has 2 aromatic rings. The van der Waals surface area contributed by atoms with Gasteiger partial charge in [0.05, 0.1) is 21.4 Å². The molecular formula is C10H11BrN4S. The molecule has 84 valence electrons. The third-order valence-corrected chi connectivity index (χ3v) is 3.42. The van der Waals surface area contributed by atoms with Crippen LogP contribution in [0.25, 0.3) is 0 Å². The molecule has 0 aromatic carbocycles. The highest BCUT2D eigenvalue weighted by atomic mass is 79.9.